The number of sulfonamides is 1. The maximum Gasteiger partial charge on any atom is 0.243 e. The third kappa shape index (κ3) is 3.52. The lowest BCUT2D eigenvalue weighted by atomic mass is 10.2. The zero-order valence-electron chi connectivity index (χ0n) is 11.9. The molecule has 0 radical (unpaired) electrons. The summed E-state index contributed by atoms with van der Waals surface area (Å²) >= 11 is 6.16. The van der Waals surface area contributed by atoms with Crippen molar-refractivity contribution >= 4 is 21.6 Å². The van der Waals surface area contributed by atoms with Gasteiger partial charge in [0.15, 0.2) is 0 Å². The van der Waals surface area contributed by atoms with Crippen LogP contribution >= 0.6 is 11.6 Å². The van der Waals surface area contributed by atoms with Crippen LogP contribution in [0.25, 0.3) is 0 Å². The highest BCUT2D eigenvalue weighted by Crippen LogP contribution is 2.32. The highest BCUT2D eigenvalue weighted by Gasteiger charge is 2.30. The van der Waals surface area contributed by atoms with Crippen LogP contribution in [0.4, 0.5) is 0 Å². The number of rotatable bonds is 7. The summed E-state index contributed by atoms with van der Waals surface area (Å²) in [4.78, 5) is 0.282. The third-order valence-electron chi connectivity index (χ3n) is 3.54. The molecule has 0 amide bonds. The smallest absolute Gasteiger partial charge is 0.243 e. The Kier molecular flexibility index (Phi) is 5.07. The van der Waals surface area contributed by atoms with Crippen LogP contribution in [0.3, 0.4) is 0 Å². The molecule has 0 unspecified atom stereocenters. The molecular formula is C14H21ClN2O2S. The quantitative estimate of drug-likeness (QED) is 0.840. The standard InChI is InChI=1S/C14H21ClN2O2S/c1-3-17(10-11-4-5-11)20(18,19)13-7-6-12(9-16-2)14(15)8-13/h6-8,11,16H,3-5,9-10H2,1-2H3. The van der Waals surface area contributed by atoms with Gasteiger partial charge < -0.3 is 5.32 Å². The van der Waals surface area contributed by atoms with Crippen molar-refractivity contribution in [3.05, 3.63) is 28.8 Å². The van der Waals surface area contributed by atoms with Gasteiger partial charge in [0.05, 0.1) is 4.90 Å². The Balaban J connectivity index is 2.25. The van der Waals surface area contributed by atoms with E-state index < -0.39 is 10.0 Å². The van der Waals surface area contributed by atoms with E-state index in [1.165, 1.54) is 0 Å². The van der Waals surface area contributed by atoms with Gasteiger partial charge in [-0.25, -0.2) is 8.42 Å². The molecule has 0 heterocycles. The maximum absolute atomic E-state index is 12.6. The molecule has 1 aliphatic rings. The van der Waals surface area contributed by atoms with E-state index in [2.05, 4.69) is 5.32 Å². The van der Waals surface area contributed by atoms with Crippen molar-refractivity contribution in [3.8, 4) is 0 Å². The summed E-state index contributed by atoms with van der Waals surface area (Å²) in [7, 11) is -1.60. The molecule has 2 rings (SSSR count). The van der Waals surface area contributed by atoms with Crippen LogP contribution < -0.4 is 5.32 Å². The first-order chi connectivity index (χ1) is 9.48. The monoisotopic (exact) mass is 316 g/mol. The number of hydrogen-bond acceptors (Lipinski definition) is 3. The summed E-state index contributed by atoms with van der Waals surface area (Å²) in [6.07, 6.45) is 2.27. The average Bonchev–Trinajstić information content (AvgIpc) is 3.22. The van der Waals surface area contributed by atoms with Gasteiger partial charge in [0, 0.05) is 24.7 Å². The number of halogens is 1. The molecule has 4 nitrogen and oxygen atoms in total. The van der Waals surface area contributed by atoms with Crippen molar-refractivity contribution in [2.75, 3.05) is 20.1 Å². The fraction of sp³-hybridized carbons (Fsp3) is 0.571. The molecule has 0 saturated heterocycles. The number of nitrogens with one attached hydrogen (secondary N) is 1. The lowest BCUT2D eigenvalue weighted by Gasteiger charge is -2.20. The molecule has 6 heteroatoms. The van der Waals surface area contributed by atoms with Crippen molar-refractivity contribution in [2.24, 2.45) is 5.92 Å². The van der Waals surface area contributed by atoms with Gasteiger partial charge in [-0.1, -0.05) is 24.6 Å². The van der Waals surface area contributed by atoms with Crippen LogP contribution in [0.15, 0.2) is 23.1 Å². The lowest BCUT2D eigenvalue weighted by molar-refractivity contribution is 0.412. The number of hydrogen-bond donors (Lipinski definition) is 1. The molecule has 0 bridgehead atoms. The van der Waals surface area contributed by atoms with Gasteiger partial charge in [-0.15, -0.1) is 0 Å². The van der Waals surface area contributed by atoms with Crippen LogP contribution in [0.1, 0.15) is 25.3 Å². The first kappa shape index (κ1) is 15.8. The highest BCUT2D eigenvalue weighted by molar-refractivity contribution is 7.89. The molecule has 1 aromatic carbocycles. The van der Waals surface area contributed by atoms with E-state index in [1.54, 1.807) is 22.5 Å². The van der Waals surface area contributed by atoms with E-state index in [0.717, 1.165) is 18.4 Å². The minimum atomic E-state index is -3.43. The Morgan fingerprint density at radius 3 is 2.60 bits per heavy atom. The third-order valence-corrected chi connectivity index (χ3v) is 5.83. The van der Waals surface area contributed by atoms with Gasteiger partial charge in [0.25, 0.3) is 0 Å². The van der Waals surface area contributed by atoms with Crippen LogP contribution in [-0.4, -0.2) is 32.9 Å². The average molecular weight is 317 g/mol. The SMILES string of the molecule is CCN(CC1CC1)S(=O)(=O)c1ccc(CNC)c(Cl)c1. The molecule has 0 aromatic heterocycles. The lowest BCUT2D eigenvalue weighted by Crippen LogP contribution is -2.32. The first-order valence-corrected chi connectivity index (χ1v) is 8.74. The summed E-state index contributed by atoms with van der Waals surface area (Å²) in [5, 5.41) is 3.50. The molecule has 20 heavy (non-hydrogen) atoms. The second-order valence-electron chi connectivity index (χ2n) is 5.18. The zero-order valence-corrected chi connectivity index (χ0v) is 13.5. The van der Waals surface area contributed by atoms with E-state index in [9.17, 15) is 8.42 Å². The molecule has 112 valence electrons. The van der Waals surface area contributed by atoms with Crippen molar-refractivity contribution < 1.29 is 8.42 Å². The van der Waals surface area contributed by atoms with E-state index in [1.807, 2.05) is 14.0 Å². The number of benzene rings is 1. The van der Waals surface area contributed by atoms with Crippen molar-refractivity contribution in [2.45, 2.75) is 31.2 Å². The van der Waals surface area contributed by atoms with Crippen LogP contribution in [0.2, 0.25) is 5.02 Å². The highest BCUT2D eigenvalue weighted by atomic mass is 35.5. The summed E-state index contributed by atoms with van der Waals surface area (Å²) < 4.78 is 26.7. The molecule has 0 aliphatic heterocycles. The Hall–Kier alpha value is -0.620. The molecule has 1 aliphatic carbocycles. The van der Waals surface area contributed by atoms with Gasteiger partial charge in [-0.3, -0.25) is 0 Å². The second-order valence-corrected chi connectivity index (χ2v) is 7.53. The van der Waals surface area contributed by atoms with Crippen molar-refractivity contribution in [1.29, 1.82) is 0 Å². The van der Waals surface area contributed by atoms with Crippen molar-refractivity contribution in [3.63, 3.8) is 0 Å². The fourth-order valence-corrected chi connectivity index (χ4v) is 4.02. The zero-order chi connectivity index (χ0) is 14.8. The largest absolute Gasteiger partial charge is 0.316 e. The maximum atomic E-state index is 12.6. The van der Waals surface area contributed by atoms with Crippen LogP contribution in [0.5, 0.6) is 0 Å². The summed E-state index contributed by atoms with van der Waals surface area (Å²) in [5.41, 5.74) is 0.901. The molecule has 0 spiro atoms. The second kappa shape index (κ2) is 6.43. The predicted molar refractivity (Wildman–Crippen MR) is 81.4 cm³/mol. The molecular weight excluding hydrogens is 296 g/mol. The van der Waals surface area contributed by atoms with E-state index >= 15 is 0 Å². The fourth-order valence-electron chi connectivity index (χ4n) is 2.16. The summed E-state index contributed by atoms with van der Waals surface area (Å²) in [5.74, 6) is 0.531. The van der Waals surface area contributed by atoms with Gasteiger partial charge in [-0.2, -0.15) is 4.31 Å². The Morgan fingerprint density at radius 1 is 1.40 bits per heavy atom. The Bertz CT molecular complexity index is 571. The minimum Gasteiger partial charge on any atom is -0.316 e. The van der Waals surface area contributed by atoms with Crippen LogP contribution in [0, 0.1) is 5.92 Å². The van der Waals surface area contributed by atoms with Crippen molar-refractivity contribution in [1.82, 2.24) is 9.62 Å². The molecule has 1 aromatic rings. The Morgan fingerprint density at radius 2 is 2.10 bits per heavy atom. The minimum absolute atomic E-state index is 0.282. The van der Waals surface area contributed by atoms with Gasteiger partial charge >= 0.3 is 0 Å². The van der Waals surface area contributed by atoms with E-state index in [0.29, 0.717) is 30.6 Å². The van der Waals surface area contributed by atoms with E-state index in [4.69, 9.17) is 11.6 Å². The molecule has 1 N–H and O–H groups in total. The van der Waals surface area contributed by atoms with Gasteiger partial charge in [0.2, 0.25) is 10.0 Å². The molecule has 0 atom stereocenters. The summed E-state index contributed by atoms with van der Waals surface area (Å²) in [6.45, 7) is 3.61. The van der Waals surface area contributed by atoms with Crippen LogP contribution in [-0.2, 0) is 16.6 Å². The van der Waals surface area contributed by atoms with E-state index in [-0.39, 0.29) is 4.90 Å². The predicted octanol–water partition coefficient (Wildman–Crippen LogP) is 2.48. The van der Waals surface area contributed by atoms with Gasteiger partial charge in [0.1, 0.15) is 0 Å². The molecule has 1 saturated carbocycles. The normalized spacial score (nSPS) is 15.8. The topological polar surface area (TPSA) is 49.4 Å². The first-order valence-electron chi connectivity index (χ1n) is 6.92. The molecule has 1 fully saturated rings. The van der Waals surface area contributed by atoms with Gasteiger partial charge in [-0.05, 0) is 43.5 Å². The Labute approximate surface area is 126 Å². The summed E-state index contributed by atoms with van der Waals surface area (Å²) in [6, 6.07) is 4.97. The number of nitrogens with zero attached hydrogens (tertiary/aromatic N) is 1.